The van der Waals surface area contributed by atoms with Gasteiger partial charge in [0.15, 0.2) is 11.5 Å². The lowest BCUT2D eigenvalue weighted by Crippen LogP contribution is -2.28. The Bertz CT molecular complexity index is 1220. The number of aryl methyl sites for hydroxylation is 1. The van der Waals surface area contributed by atoms with Gasteiger partial charge in [-0.3, -0.25) is 9.10 Å². The first-order valence-corrected chi connectivity index (χ1v) is 11.7. The lowest BCUT2D eigenvalue weighted by Gasteiger charge is -2.22. The van der Waals surface area contributed by atoms with Gasteiger partial charge in [-0.15, -0.1) is 0 Å². The molecule has 0 saturated heterocycles. The quantitative estimate of drug-likeness (QED) is 0.497. The Morgan fingerprint density at radius 2 is 1.52 bits per heavy atom. The summed E-state index contributed by atoms with van der Waals surface area (Å²) in [6.45, 7) is 2.22. The molecule has 0 aliphatic rings. The predicted octanol–water partition coefficient (Wildman–Crippen LogP) is 4.11. The number of sulfonamides is 1. The fraction of sp³-hybridized carbons (Fsp3) is 0.240. The second-order valence-electron chi connectivity index (χ2n) is 7.65. The molecule has 0 atom stereocenters. The third-order valence-corrected chi connectivity index (χ3v) is 7.20. The zero-order valence-corrected chi connectivity index (χ0v) is 20.2. The number of ether oxygens (including phenoxy) is 2. The van der Waals surface area contributed by atoms with Gasteiger partial charge < -0.3 is 14.4 Å². The average molecular weight is 469 g/mol. The molecule has 0 bridgehead atoms. The summed E-state index contributed by atoms with van der Waals surface area (Å²) < 4.78 is 37.8. The topological polar surface area (TPSA) is 76.2 Å². The molecule has 7 nitrogen and oxygen atoms in total. The average Bonchev–Trinajstić information content (AvgIpc) is 2.83. The highest BCUT2D eigenvalue weighted by Gasteiger charge is 2.22. The van der Waals surface area contributed by atoms with Gasteiger partial charge in [-0.25, -0.2) is 8.42 Å². The van der Waals surface area contributed by atoms with E-state index in [9.17, 15) is 13.2 Å². The van der Waals surface area contributed by atoms with Crippen molar-refractivity contribution in [2.75, 3.05) is 32.6 Å². The molecule has 3 rings (SSSR count). The summed E-state index contributed by atoms with van der Waals surface area (Å²) in [5.41, 5.74) is 2.71. The molecule has 0 fully saturated rings. The monoisotopic (exact) mass is 468 g/mol. The molecule has 0 spiro atoms. The number of carbonyl (C=O) groups excluding carboxylic acids is 1. The summed E-state index contributed by atoms with van der Waals surface area (Å²) in [5.74, 6) is 0.978. The van der Waals surface area contributed by atoms with Crippen molar-refractivity contribution in [1.29, 1.82) is 0 Å². The van der Waals surface area contributed by atoms with E-state index in [1.54, 1.807) is 80.8 Å². The second-order valence-corrected chi connectivity index (χ2v) is 9.62. The zero-order chi connectivity index (χ0) is 24.2. The lowest BCUT2D eigenvalue weighted by atomic mass is 10.1. The van der Waals surface area contributed by atoms with Crippen LogP contribution in [0.1, 0.15) is 21.5 Å². The summed E-state index contributed by atoms with van der Waals surface area (Å²) in [6.07, 6.45) is 0. The summed E-state index contributed by atoms with van der Waals surface area (Å²) in [4.78, 5) is 14.7. The van der Waals surface area contributed by atoms with Crippen LogP contribution in [0.5, 0.6) is 11.5 Å². The van der Waals surface area contributed by atoms with Gasteiger partial charge in [-0.05, 0) is 49.4 Å². The largest absolute Gasteiger partial charge is 0.493 e. The molecule has 0 aliphatic carbocycles. The van der Waals surface area contributed by atoms with Gasteiger partial charge in [0.05, 0.1) is 24.8 Å². The van der Waals surface area contributed by atoms with Gasteiger partial charge in [-0.1, -0.05) is 29.8 Å². The first-order chi connectivity index (χ1) is 15.7. The lowest BCUT2D eigenvalue weighted by molar-refractivity contribution is 0.0784. The van der Waals surface area contributed by atoms with E-state index in [0.717, 1.165) is 11.1 Å². The summed E-state index contributed by atoms with van der Waals surface area (Å²) >= 11 is 0. The first-order valence-electron chi connectivity index (χ1n) is 10.3. The highest BCUT2D eigenvalue weighted by atomic mass is 32.2. The molecule has 3 aromatic carbocycles. The molecule has 0 N–H and O–H groups in total. The smallest absolute Gasteiger partial charge is 0.264 e. The molecule has 33 heavy (non-hydrogen) atoms. The summed E-state index contributed by atoms with van der Waals surface area (Å²) in [7, 11) is 2.61. The maximum absolute atomic E-state index is 13.0. The molecule has 174 valence electrons. The standard InChI is InChI=1S/C25H28N2O5S/c1-18-9-15-22(16-10-18)33(29,30)27(3)21-13-11-19(12-14-21)25(28)26(2)17-20-7-6-8-23(31-4)24(20)32-5/h6-16H,17H2,1-5H3. The number of para-hydroxylation sites is 1. The van der Waals surface area contributed by atoms with Gasteiger partial charge in [0, 0.05) is 31.8 Å². The van der Waals surface area contributed by atoms with Crippen molar-refractivity contribution in [1.82, 2.24) is 4.90 Å². The summed E-state index contributed by atoms with van der Waals surface area (Å²) in [6, 6.07) is 18.7. The maximum atomic E-state index is 13.0. The van der Waals surface area contributed by atoms with E-state index in [1.165, 1.54) is 11.4 Å². The van der Waals surface area contributed by atoms with Crippen LogP contribution in [0.3, 0.4) is 0 Å². The first kappa shape index (κ1) is 24.1. The number of benzene rings is 3. The van der Waals surface area contributed by atoms with E-state index in [2.05, 4.69) is 0 Å². The van der Waals surface area contributed by atoms with Gasteiger partial charge in [0.1, 0.15) is 0 Å². The van der Waals surface area contributed by atoms with Crippen LogP contribution in [-0.2, 0) is 16.6 Å². The minimum atomic E-state index is -3.70. The van der Waals surface area contributed by atoms with E-state index in [1.807, 2.05) is 19.1 Å². The van der Waals surface area contributed by atoms with E-state index >= 15 is 0 Å². The molecule has 0 heterocycles. The third-order valence-electron chi connectivity index (χ3n) is 5.40. The van der Waals surface area contributed by atoms with Gasteiger partial charge in [-0.2, -0.15) is 0 Å². The number of anilines is 1. The maximum Gasteiger partial charge on any atom is 0.264 e. The van der Waals surface area contributed by atoms with Crippen molar-refractivity contribution < 1.29 is 22.7 Å². The molecule has 0 aromatic heterocycles. The van der Waals surface area contributed by atoms with E-state index < -0.39 is 10.0 Å². The van der Waals surface area contributed by atoms with Crippen LogP contribution in [0.15, 0.2) is 71.6 Å². The minimum Gasteiger partial charge on any atom is -0.493 e. The Hall–Kier alpha value is -3.52. The predicted molar refractivity (Wildman–Crippen MR) is 129 cm³/mol. The molecular weight excluding hydrogens is 440 g/mol. The third kappa shape index (κ3) is 5.12. The Balaban J connectivity index is 1.77. The molecule has 0 saturated carbocycles. The van der Waals surface area contributed by atoms with Crippen LogP contribution in [0.25, 0.3) is 0 Å². The van der Waals surface area contributed by atoms with Crippen LogP contribution in [0, 0.1) is 6.92 Å². The van der Waals surface area contributed by atoms with Crippen LogP contribution in [0.2, 0.25) is 0 Å². The van der Waals surface area contributed by atoms with Crippen molar-refractivity contribution >= 4 is 21.6 Å². The van der Waals surface area contributed by atoms with Crippen LogP contribution >= 0.6 is 0 Å². The normalized spacial score (nSPS) is 11.1. The number of rotatable bonds is 8. The number of methoxy groups -OCH3 is 2. The SMILES string of the molecule is COc1cccc(CN(C)C(=O)c2ccc(N(C)S(=O)(=O)c3ccc(C)cc3)cc2)c1OC. The fourth-order valence-corrected chi connectivity index (χ4v) is 4.64. The van der Waals surface area contributed by atoms with Crippen molar-refractivity contribution in [2.45, 2.75) is 18.4 Å². The van der Waals surface area contributed by atoms with Crippen molar-refractivity contribution in [3.8, 4) is 11.5 Å². The van der Waals surface area contributed by atoms with Crippen LogP contribution in [-0.4, -0.2) is 47.5 Å². The number of amides is 1. The molecule has 8 heteroatoms. The van der Waals surface area contributed by atoms with E-state index in [0.29, 0.717) is 29.3 Å². The molecule has 3 aromatic rings. The minimum absolute atomic E-state index is 0.199. The number of carbonyl (C=O) groups is 1. The van der Waals surface area contributed by atoms with Crippen molar-refractivity contribution in [3.05, 3.63) is 83.4 Å². The number of hydrogen-bond donors (Lipinski definition) is 0. The Labute approximate surface area is 195 Å². The van der Waals surface area contributed by atoms with Gasteiger partial charge in [0.2, 0.25) is 0 Å². The zero-order valence-electron chi connectivity index (χ0n) is 19.4. The number of nitrogens with zero attached hydrogens (tertiary/aromatic N) is 2. The van der Waals surface area contributed by atoms with Crippen LogP contribution in [0.4, 0.5) is 5.69 Å². The van der Waals surface area contributed by atoms with E-state index in [4.69, 9.17) is 9.47 Å². The van der Waals surface area contributed by atoms with Crippen molar-refractivity contribution in [2.24, 2.45) is 0 Å². The Morgan fingerprint density at radius 1 is 0.879 bits per heavy atom. The number of hydrogen-bond acceptors (Lipinski definition) is 5. The molecule has 1 amide bonds. The van der Waals surface area contributed by atoms with Crippen LogP contribution < -0.4 is 13.8 Å². The Morgan fingerprint density at radius 3 is 2.09 bits per heavy atom. The van der Waals surface area contributed by atoms with Gasteiger partial charge >= 0.3 is 0 Å². The Kier molecular flexibility index (Phi) is 7.28. The van der Waals surface area contributed by atoms with Gasteiger partial charge in [0.25, 0.3) is 15.9 Å². The molecule has 0 radical (unpaired) electrons. The highest BCUT2D eigenvalue weighted by molar-refractivity contribution is 7.92. The summed E-state index contributed by atoms with van der Waals surface area (Å²) in [5, 5.41) is 0. The molecule has 0 unspecified atom stereocenters. The molecule has 0 aliphatic heterocycles. The highest BCUT2D eigenvalue weighted by Crippen LogP contribution is 2.31. The van der Waals surface area contributed by atoms with E-state index in [-0.39, 0.29) is 10.8 Å². The second kappa shape index (κ2) is 9.95. The molecular formula is C25H28N2O5S. The van der Waals surface area contributed by atoms with Crippen molar-refractivity contribution in [3.63, 3.8) is 0 Å². The fourth-order valence-electron chi connectivity index (χ4n) is 3.45.